The molecule has 0 aliphatic heterocycles. The molecule has 1 unspecified atom stereocenters. The van der Waals surface area contributed by atoms with Gasteiger partial charge in [-0.15, -0.1) is 12.4 Å². The van der Waals surface area contributed by atoms with Crippen LogP contribution in [0.25, 0.3) is 0 Å². The van der Waals surface area contributed by atoms with Gasteiger partial charge >= 0.3 is 0 Å². The second kappa shape index (κ2) is 9.91. The minimum atomic E-state index is -0.539. The van der Waals surface area contributed by atoms with E-state index in [0.29, 0.717) is 18.1 Å². The zero-order valence-electron chi connectivity index (χ0n) is 14.7. The lowest BCUT2D eigenvalue weighted by Crippen LogP contribution is -2.39. The largest absolute Gasteiger partial charge is 0.493 e. The highest BCUT2D eigenvalue weighted by Crippen LogP contribution is 2.31. The third-order valence-corrected chi connectivity index (χ3v) is 3.70. The van der Waals surface area contributed by atoms with Gasteiger partial charge in [-0.1, -0.05) is 36.4 Å². The van der Waals surface area contributed by atoms with E-state index in [1.54, 1.807) is 14.0 Å². The molecule has 2 atom stereocenters. The van der Waals surface area contributed by atoms with Crippen molar-refractivity contribution in [2.75, 3.05) is 7.11 Å². The Labute approximate surface area is 154 Å². The van der Waals surface area contributed by atoms with E-state index in [2.05, 4.69) is 5.32 Å². The zero-order chi connectivity index (χ0) is 17.5. The number of carbonyl (C=O) groups is 1. The fourth-order valence-corrected chi connectivity index (χ4v) is 2.24. The van der Waals surface area contributed by atoms with Crippen LogP contribution in [0.2, 0.25) is 0 Å². The Bertz CT molecular complexity index is 678. The predicted molar refractivity (Wildman–Crippen MR) is 101 cm³/mol. The molecule has 0 saturated heterocycles. The monoisotopic (exact) mass is 364 g/mol. The lowest BCUT2D eigenvalue weighted by atomic mass is 10.1. The molecule has 0 heterocycles. The number of hydrogen-bond acceptors (Lipinski definition) is 4. The Kier molecular flexibility index (Phi) is 8.25. The van der Waals surface area contributed by atoms with Crippen LogP contribution >= 0.6 is 12.4 Å². The third kappa shape index (κ3) is 5.96. The summed E-state index contributed by atoms with van der Waals surface area (Å²) >= 11 is 0. The van der Waals surface area contributed by atoms with E-state index >= 15 is 0 Å². The van der Waals surface area contributed by atoms with Crippen molar-refractivity contribution in [2.24, 2.45) is 5.73 Å². The van der Waals surface area contributed by atoms with Crippen LogP contribution in [0.1, 0.15) is 31.0 Å². The van der Waals surface area contributed by atoms with E-state index in [-0.39, 0.29) is 24.4 Å². The van der Waals surface area contributed by atoms with Gasteiger partial charge < -0.3 is 20.5 Å². The molecule has 0 aromatic heterocycles. The number of carbonyl (C=O) groups excluding carboxylic acids is 1. The number of amides is 1. The average molecular weight is 365 g/mol. The molecule has 0 fully saturated rings. The van der Waals surface area contributed by atoms with Gasteiger partial charge in [-0.25, -0.2) is 0 Å². The molecule has 25 heavy (non-hydrogen) atoms. The predicted octanol–water partition coefficient (Wildman–Crippen LogP) is 3.22. The summed E-state index contributed by atoms with van der Waals surface area (Å²) in [4.78, 5) is 11.7. The fourth-order valence-electron chi connectivity index (χ4n) is 2.24. The number of methoxy groups -OCH3 is 1. The summed E-state index contributed by atoms with van der Waals surface area (Å²) < 4.78 is 11.3. The van der Waals surface area contributed by atoms with Crippen molar-refractivity contribution in [3.8, 4) is 11.5 Å². The minimum absolute atomic E-state index is 0. The highest BCUT2D eigenvalue weighted by Gasteiger charge is 2.15. The summed E-state index contributed by atoms with van der Waals surface area (Å²) in [6, 6.07) is 14.9. The van der Waals surface area contributed by atoms with Crippen LogP contribution in [0.3, 0.4) is 0 Å². The highest BCUT2D eigenvalue weighted by molar-refractivity contribution is 5.85. The Morgan fingerprint density at radius 3 is 2.40 bits per heavy atom. The maximum Gasteiger partial charge on any atom is 0.237 e. The summed E-state index contributed by atoms with van der Waals surface area (Å²) in [6.07, 6.45) is 0. The molecule has 1 amide bonds. The molecule has 0 aliphatic rings. The van der Waals surface area contributed by atoms with E-state index in [0.717, 1.165) is 11.1 Å². The molecule has 3 N–H and O–H groups in total. The zero-order valence-corrected chi connectivity index (χ0v) is 15.5. The van der Waals surface area contributed by atoms with Gasteiger partial charge in [-0.2, -0.15) is 0 Å². The van der Waals surface area contributed by atoms with Crippen molar-refractivity contribution in [3.63, 3.8) is 0 Å². The molecular formula is C19H25ClN2O3. The number of hydrogen-bond donors (Lipinski definition) is 2. The molecule has 6 heteroatoms. The Balaban J connectivity index is 0.00000312. The van der Waals surface area contributed by atoms with Gasteiger partial charge in [-0.3, -0.25) is 4.79 Å². The molecule has 0 radical (unpaired) electrons. The summed E-state index contributed by atoms with van der Waals surface area (Å²) in [7, 11) is 1.60. The van der Waals surface area contributed by atoms with Crippen molar-refractivity contribution >= 4 is 18.3 Å². The maximum atomic E-state index is 11.7. The van der Waals surface area contributed by atoms with Crippen molar-refractivity contribution in [1.29, 1.82) is 0 Å². The van der Waals surface area contributed by atoms with Gasteiger partial charge in [0.25, 0.3) is 0 Å². The van der Waals surface area contributed by atoms with Crippen LogP contribution in [-0.2, 0) is 11.4 Å². The SMILES string of the molecule is COc1cc(C(C)NC(=O)[C@@H](C)N)ccc1OCc1ccccc1.Cl. The van der Waals surface area contributed by atoms with Gasteiger partial charge in [0.15, 0.2) is 11.5 Å². The molecule has 0 saturated carbocycles. The molecule has 5 nitrogen and oxygen atoms in total. The molecule has 0 spiro atoms. The smallest absolute Gasteiger partial charge is 0.237 e. The molecular weight excluding hydrogens is 340 g/mol. The maximum absolute atomic E-state index is 11.7. The number of halogens is 1. The number of rotatable bonds is 7. The summed E-state index contributed by atoms with van der Waals surface area (Å²) in [5.41, 5.74) is 7.59. The van der Waals surface area contributed by atoms with Crippen molar-refractivity contribution in [1.82, 2.24) is 5.32 Å². The Morgan fingerprint density at radius 1 is 1.12 bits per heavy atom. The molecule has 2 rings (SSSR count). The number of nitrogens with one attached hydrogen (secondary N) is 1. The van der Waals surface area contributed by atoms with Gasteiger partial charge in [0.1, 0.15) is 6.61 Å². The van der Waals surface area contributed by atoms with Gasteiger partial charge in [-0.05, 0) is 37.1 Å². The normalized spacial score (nSPS) is 12.5. The van der Waals surface area contributed by atoms with Crippen LogP contribution < -0.4 is 20.5 Å². The number of nitrogens with two attached hydrogens (primary N) is 1. The standard InChI is InChI=1S/C19H24N2O3.ClH/c1-13(20)19(22)21-14(2)16-9-10-17(18(11-16)23-3)24-12-15-7-5-4-6-8-15;/h4-11,13-14H,12,20H2,1-3H3,(H,21,22);1H/t13-,14?;/m1./s1. The molecule has 0 aliphatic carbocycles. The van der Waals surface area contributed by atoms with Gasteiger partial charge in [0, 0.05) is 0 Å². The van der Waals surface area contributed by atoms with Crippen molar-refractivity contribution in [3.05, 3.63) is 59.7 Å². The van der Waals surface area contributed by atoms with Crippen LogP contribution in [0, 0.1) is 0 Å². The van der Waals surface area contributed by atoms with E-state index in [1.165, 1.54) is 0 Å². The highest BCUT2D eigenvalue weighted by atomic mass is 35.5. The third-order valence-electron chi connectivity index (χ3n) is 3.70. The van der Waals surface area contributed by atoms with E-state index in [9.17, 15) is 4.79 Å². The van der Waals surface area contributed by atoms with Gasteiger partial charge in [0.2, 0.25) is 5.91 Å². The average Bonchev–Trinajstić information content (AvgIpc) is 2.60. The van der Waals surface area contributed by atoms with Crippen LogP contribution in [0.5, 0.6) is 11.5 Å². The van der Waals surface area contributed by atoms with Crippen LogP contribution in [0.15, 0.2) is 48.5 Å². The summed E-state index contributed by atoms with van der Waals surface area (Å²) in [6.45, 7) is 4.02. The molecule has 2 aromatic rings. The summed E-state index contributed by atoms with van der Waals surface area (Å²) in [5, 5.41) is 2.86. The van der Waals surface area contributed by atoms with Gasteiger partial charge in [0.05, 0.1) is 19.2 Å². The van der Waals surface area contributed by atoms with Crippen LogP contribution in [0.4, 0.5) is 0 Å². The number of benzene rings is 2. The topological polar surface area (TPSA) is 73.6 Å². The summed E-state index contributed by atoms with van der Waals surface area (Å²) in [5.74, 6) is 1.10. The van der Waals surface area contributed by atoms with Crippen LogP contribution in [-0.4, -0.2) is 19.1 Å². The minimum Gasteiger partial charge on any atom is -0.493 e. The molecule has 136 valence electrons. The Morgan fingerprint density at radius 2 is 1.80 bits per heavy atom. The first-order valence-electron chi connectivity index (χ1n) is 7.92. The first-order chi connectivity index (χ1) is 11.5. The van der Waals surface area contributed by atoms with E-state index in [4.69, 9.17) is 15.2 Å². The molecule has 2 aromatic carbocycles. The first-order valence-corrected chi connectivity index (χ1v) is 7.92. The lowest BCUT2D eigenvalue weighted by molar-refractivity contribution is -0.122. The second-order valence-electron chi connectivity index (χ2n) is 5.70. The first kappa shape index (κ1) is 20.8. The molecule has 0 bridgehead atoms. The van der Waals surface area contributed by atoms with E-state index < -0.39 is 6.04 Å². The Hall–Kier alpha value is -2.24. The second-order valence-corrected chi connectivity index (χ2v) is 5.70. The van der Waals surface area contributed by atoms with Crippen molar-refractivity contribution < 1.29 is 14.3 Å². The van der Waals surface area contributed by atoms with Crippen molar-refractivity contribution in [2.45, 2.75) is 32.5 Å². The number of ether oxygens (including phenoxy) is 2. The van der Waals surface area contributed by atoms with E-state index in [1.807, 2.05) is 55.5 Å². The quantitative estimate of drug-likeness (QED) is 0.791. The fraction of sp³-hybridized carbons (Fsp3) is 0.316. The lowest BCUT2D eigenvalue weighted by Gasteiger charge is -2.18.